The van der Waals surface area contributed by atoms with Crippen molar-refractivity contribution < 1.29 is 19.5 Å². The highest BCUT2D eigenvalue weighted by Crippen LogP contribution is 2.28. The van der Waals surface area contributed by atoms with E-state index in [-0.39, 0.29) is 24.3 Å². The van der Waals surface area contributed by atoms with Crippen LogP contribution in [0.15, 0.2) is 18.2 Å². The van der Waals surface area contributed by atoms with Crippen LogP contribution in [0.5, 0.6) is 0 Å². The number of nitrogens with one attached hydrogen (secondary N) is 2. The summed E-state index contributed by atoms with van der Waals surface area (Å²) in [5, 5.41) is 15.4. The second-order valence-electron chi connectivity index (χ2n) is 8.09. The molecular formula is C20H26N4O4. The molecule has 1 aromatic rings. The van der Waals surface area contributed by atoms with Gasteiger partial charge in [-0.25, -0.2) is 0 Å². The fourth-order valence-electron chi connectivity index (χ4n) is 4.45. The number of rotatable bonds is 5. The van der Waals surface area contributed by atoms with Crippen LogP contribution in [0.4, 0.5) is 0 Å². The van der Waals surface area contributed by atoms with Gasteiger partial charge < -0.3 is 21.1 Å². The summed E-state index contributed by atoms with van der Waals surface area (Å²) in [7, 11) is 0. The monoisotopic (exact) mass is 386 g/mol. The smallest absolute Gasteiger partial charge is 0.255 e. The Balaban J connectivity index is 1.36. The number of carbonyl (C=O) groups is 3. The highest BCUT2D eigenvalue weighted by atomic mass is 16.3. The second kappa shape index (κ2) is 7.62. The lowest BCUT2D eigenvalue weighted by molar-refractivity contribution is -0.136. The quantitative estimate of drug-likeness (QED) is 0.512. The molecule has 2 heterocycles. The summed E-state index contributed by atoms with van der Waals surface area (Å²) in [6, 6.07) is 5.08. The van der Waals surface area contributed by atoms with E-state index in [1.54, 1.807) is 4.90 Å². The van der Waals surface area contributed by atoms with Gasteiger partial charge in [0.25, 0.3) is 5.91 Å². The lowest BCUT2D eigenvalue weighted by Crippen LogP contribution is -2.52. The molecule has 150 valence electrons. The molecule has 1 aliphatic carbocycles. The Morgan fingerprint density at radius 2 is 2.07 bits per heavy atom. The average molecular weight is 386 g/mol. The Hall–Kier alpha value is -2.29. The number of carbonyl (C=O) groups excluding carboxylic acids is 3. The number of amides is 3. The minimum Gasteiger partial charge on any atom is -0.392 e. The molecule has 2 aliphatic heterocycles. The Bertz CT molecular complexity index is 801. The van der Waals surface area contributed by atoms with Gasteiger partial charge >= 0.3 is 0 Å². The lowest BCUT2D eigenvalue weighted by atomic mass is 10.0. The van der Waals surface area contributed by atoms with E-state index < -0.39 is 18.1 Å². The Morgan fingerprint density at radius 1 is 1.25 bits per heavy atom. The van der Waals surface area contributed by atoms with Gasteiger partial charge in [0.15, 0.2) is 0 Å². The summed E-state index contributed by atoms with van der Waals surface area (Å²) in [6.07, 6.45) is 1.75. The van der Waals surface area contributed by atoms with Crippen molar-refractivity contribution >= 4 is 17.7 Å². The van der Waals surface area contributed by atoms with E-state index in [9.17, 15) is 19.5 Å². The minimum absolute atomic E-state index is 0.136. The van der Waals surface area contributed by atoms with E-state index in [0.29, 0.717) is 31.0 Å². The van der Waals surface area contributed by atoms with Crippen LogP contribution in [0, 0.1) is 5.92 Å². The third-order valence-electron chi connectivity index (χ3n) is 6.03. The number of nitrogens with two attached hydrogens (primary N) is 1. The van der Waals surface area contributed by atoms with Gasteiger partial charge in [0.05, 0.1) is 6.10 Å². The number of hydrogen-bond donors (Lipinski definition) is 4. The zero-order chi connectivity index (χ0) is 19.8. The van der Waals surface area contributed by atoms with Gasteiger partial charge in [-0.1, -0.05) is 12.1 Å². The summed E-state index contributed by atoms with van der Waals surface area (Å²) in [5.74, 6) is -0.467. The van der Waals surface area contributed by atoms with E-state index >= 15 is 0 Å². The van der Waals surface area contributed by atoms with E-state index in [1.807, 2.05) is 18.2 Å². The van der Waals surface area contributed by atoms with Gasteiger partial charge in [0.2, 0.25) is 11.8 Å². The van der Waals surface area contributed by atoms with Crippen LogP contribution in [0.2, 0.25) is 0 Å². The van der Waals surface area contributed by atoms with Crippen LogP contribution in [0.25, 0.3) is 0 Å². The summed E-state index contributed by atoms with van der Waals surface area (Å²) in [5.41, 5.74) is 8.39. The average Bonchev–Trinajstić information content (AvgIpc) is 3.14. The molecule has 0 bridgehead atoms. The Labute approximate surface area is 163 Å². The number of fused-ring (bicyclic) bond motifs is 1. The molecule has 1 saturated carbocycles. The number of aliphatic hydroxyl groups is 1. The SMILES string of the molecule is N[C@@H]1C[C@H](CNCc2ccc3c(c2)C(=O)N(C2CCC(=O)NC2=O)C3)C[C@H]1O. The maximum absolute atomic E-state index is 12.8. The number of hydrogen-bond acceptors (Lipinski definition) is 6. The van der Waals surface area contributed by atoms with Crippen LogP contribution in [0.3, 0.4) is 0 Å². The molecule has 1 aromatic carbocycles. The first kappa shape index (κ1) is 19.0. The second-order valence-corrected chi connectivity index (χ2v) is 8.09. The molecule has 4 atom stereocenters. The molecule has 8 nitrogen and oxygen atoms in total. The molecule has 8 heteroatoms. The van der Waals surface area contributed by atoms with Crippen LogP contribution < -0.4 is 16.4 Å². The van der Waals surface area contributed by atoms with E-state index in [1.165, 1.54) is 0 Å². The number of imide groups is 1. The largest absolute Gasteiger partial charge is 0.392 e. The first-order valence-corrected chi connectivity index (χ1v) is 9.83. The van der Waals surface area contributed by atoms with Crippen LogP contribution in [-0.4, -0.2) is 52.5 Å². The molecule has 3 aliphatic rings. The number of piperidine rings is 1. The van der Waals surface area contributed by atoms with Crippen molar-refractivity contribution in [1.82, 2.24) is 15.5 Å². The number of nitrogens with zero attached hydrogens (tertiary/aromatic N) is 1. The van der Waals surface area contributed by atoms with Crippen molar-refractivity contribution in [3.8, 4) is 0 Å². The third kappa shape index (κ3) is 3.67. The summed E-state index contributed by atoms with van der Waals surface area (Å²) in [6.45, 7) is 1.80. The van der Waals surface area contributed by atoms with Gasteiger partial charge in [-0.3, -0.25) is 19.7 Å². The zero-order valence-corrected chi connectivity index (χ0v) is 15.7. The van der Waals surface area contributed by atoms with Gasteiger partial charge in [-0.15, -0.1) is 0 Å². The molecule has 0 spiro atoms. The number of aliphatic hydroxyl groups excluding tert-OH is 1. The van der Waals surface area contributed by atoms with Gasteiger partial charge in [0.1, 0.15) is 6.04 Å². The first-order chi connectivity index (χ1) is 13.4. The maximum atomic E-state index is 12.8. The van der Waals surface area contributed by atoms with E-state index in [4.69, 9.17) is 5.73 Å². The molecule has 28 heavy (non-hydrogen) atoms. The molecule has 0 aromatic heterocycles. The molecular weight excluding hydrogens is 360 g/mol. The van der Waals surface area contributed by atoms with Crippen molar-refractivity contribution in [2.24, 2.45) is 11.7 Å². The molecule has 0 radical (unpaired) electrons. The lowest BCUT2D eigenvalue weighted by Gasteiger charge is -2.29. The van der Waals surface area contributed by atoms with Gasteiger partial charge in [-0.2, -0.15) is 0 Å². The molecule has 2 fully saturated rings. The van der Waals surface area contributed by atoms with Crippen LogP contribution >= 0.6 is 0 Å². The summed E-state index contributed by atoms with van der Waals surface area (Å²) in [4.78, 5) is 37.8. The van der Waals surface area contributed by atoms with Crippen LogP contribution in [0.1, 0.15) is 47.2 Å². The molecule has 3 amide bonds. The zero-order valence-electron chi connectivity index (χ0n) is 15.7. The van der Waals surface area contributed by atoms with E-state index in [2.05, 4.69) is 10.6 Å². The molecule has 1 saturated heterocycles. The fraction of sp³-hybridized carbons (Fsp3) is 0.550. The van der Waals surface area contributed by atoms with E-state index in [0.717, 1.165) is 30.5 Å². The standard InChI is InChI=1S/C20H26N4O4/c21-15-6-12(7-17(15)25)9-22-8-11-1-2-13-10-24(20(28)14(13)5-11)16-3-4-18(26)23-19(16)27/h1-2,5,12,15-17,22,25H,3-4,6-10,21H2,(H,23,26,27)/t12-,15+,16?,17+/m0/s1. The predicted octanol–water partition coefficient (Wildman–Crippen LogP) is -0.365. The highest BCUT2D eigenvalue weighted by Gasteiger charge is 2.39. The molecule has 5 N–H and O–H groups in total. The Kier molecular flexibility index (Phi) is 5.18. The summed E-state index contributed by atoms with van der Waals surface area (Å²) < 4.78 is 0. The van der Waals surface area contributed by atoms with Crippen molar-refractivity contribution in [2.45, 2.75) is 57.0 Å². The normalized spacial score (nSPS) is 29.9. The van der Waals surface area contributed by atoms with Gasteiger partial charge in [0, 0.05) is 31.1 Å². The van der Waals surface area contributed by atoms with Crippen molar-refractivity contribution in [1.29, 1.82) is 0 Å². The first-order valence-electron chi connectivity index (χ1n) is 9.83. The topological polar surface area (TPSA) is 125 Å². The maximum Gasteiger partial charge on any atom is 0.255 e. The van der Waals surface area contributed by atoms with Crippen molar-refractivity contribution in [3.63, 3.8) is 0 Å². The minimum atomic E-state index is -0.586. The Morgan fingerprint density at radius 3 is 2.79 bits per heavy atom. The fourth-order valence-corrected chi connectivity index (χ4v) is 4.45. The molecule has 1 unspecified atom stereocenters. The van der Waals surface area contributed by atoms with Crippen molar-refractivity contribution in [2.75, 3.05) is 6.54 Å². The molecule has 4 rings (SSSR count). The third-order valence-corrected chi connectivity index (χ3v) is 6.03. The van der Waals surface area contributed by atoms with Crippen LogP contribution in [-0.2, 0) is 22.7 Å². The predicted molar refractivity (Wildman–Crippen MR) is 101 cm³/mol. The van der Waals surface area contributed by atoms with Gasteiger partial charge in [-0.05, 0) is 48.9 Å². The number of benzene rings is 1. The highest BCUT2D eigenvalue weighted by molar-refractivity contribution is 6.05. The van der Waals surface area contributed by atoms with Crippen molar-refractivity contribution in [3.05, 3.63) is 34.9 Å². The summed E-state index contributed by atoms with van der Waals surface area (Å²) >= 11 is 0.